The maximum atomic E-state index is 12.9. The fourth-order valence-electron chi connectivity index (χ4n) is 3.08. The van der Waals surface area contributed by atoms with Gasteiger partial charge in [-0.05, 0) is 55.2 Å². The van der Waals surface area contributed by atoms with E-state index in [1.807, 2.05) is 18.2 Å². The van der Waals surface area contributed by atoms with Crippen molar-refractivity contribution in [3.63, 3.8) is 0 Å². The Morgan fingerprint density at radius 1 is 1.19 bits per heavy atom. The van der Waals surface area contributed by atoms with Gasteiger partial charge in [-0.25, -0.2) is 13.1 Å². The number of hydrogen-bond donors (Lipinski definition) is 2. The van der Waals surface area contributed by atoms with Gasteiger partial charge in [0.05, 0.1) is 5.75 Å². The molecule has 0 aromatic heterocycles. The lowest BCUT2D eigenvalue weighted by atomic mass is 9.99. The van der Waals surface area contributed by atoms with Gasteiger partial charge >= 0.3 is 0 Å². The van der Waals surface area contributed by atoms with Crippen LogP contribution in [0.4, 0.5) is 11.4 Å². The summed E-state index contributed by atoms with van der Waals surface area (Å²) in [4.78, 5) is 14.7. The van der Waals surface area contributed by atoms with Crippen molar-refractivity contribution in [3.05, 3.63) is 59.2 Å². The summed E-state index contributed by atoms with van der Waals surface area (Å²) in [5.41, 5.74) is 10.0. The number of nitrogens with one attached hydrogen (secondary N) is 1. The van der Waals surface area contributed by atoms with Crippen molar-refractivity contribution < 1.29 is 13.2 Å². The average molecular weight is 410 g/mol. The van der Waals surface area contributed by atoms with Gasteiger partial charge in [-0.2, -0.15) is 0 Å². The van der Waals surface area contributed by atoms with Gasteiger partial charge in [0, 0.05) is 30.0 Å². The number of carbonyl (C=O) groups excluding carboxylic acids is 1. The monoisotopic (exact) mass is 409 g/mol. The summed E-state index contributed by atoms with van der Waals surface area (Å²) >= 11 is 0. The van der Waals surface area contributed by atoms with E-state index in [9.17, 15) is 13.2 Å². The van der Waals surface area contributed by atoms with E-state index < -0.39 is 10.0 Å². The number of sulfonamides is 1. The summed E-state index contributed by atoms with van der Waals surface area (Å²) in [6.45, 7) is 2.47. The minimum atomic E-state index is -3.24. The Hall–Kier alpha value is -2.09. The predicted molar refractivity (Wildman–Crippen MR) is 111 cm³/mol. The number of rotatable bonds is 5. The molecule has 27 heavy (non-hydrogen) atoms. The number of nitrogens with two attached hydrogens (primary N) is 1. The van der Waals surface area contributed by atoms with Crippen LogP contribution in [0.3, 0.4) is 0 Å². The Labute approximate surface area is 166 Å². The van der Waals surface area contributed by atoms with Crippen LogP contribution >= 0.6 is 12.4 Å². The number of anilines is 2. The van der Waals surface area contributed by atoms with Gasteiger partial charge in [-0.1, -0.05) is 18.2 Å². The van der Waals surface area contributed by atoms with Crippen LogP contribution in [0.2, 0.25) is 0 Å². The molecule has 0 saturated heterocycles. The highest BCUT2D eigenvalue weighted by Crippen LogP contribution is 2.32. The zero-order valence-corrected chi connectivity index (χ0v) is 16.8. The second kappa shape index (κ2) is 8.73. The summed E-state index contributed by atoms with van der Waals surface area (Å²) in [6.07, 6.45) is 1.76. The summed E-state index contributed by atoms with van der Waals surface area (Å²) in [5, 5.41) is 0. The molecule has 6 nitrogen and oxygen atoms in total. The number of carbonyl (C=O) groups is 1. The number of amides is 1. The molecule has 146 valence electrons. The van der Waals surface area contributed by atoms with E-state index in [0.29, 0.717) is 12.1 Å². The van der Waals surface area contributed by atoms with Gasteiger partial charge in [-0.15, -0.1) is 12.4 Å². The number of fused-ring (bicyclic) bond motifs is 1. The van der Waals surface area contributed by atoms with Crippen LogP contribution in [0.15, 0.2) is 42.5 Å². The van der Waals surface area contributed by atoms with Crippen molar-refractivity contribution in [2.24, 2.45) is 0 Å². The van der Waals surface area contributed by atoms with E-state index >= 15 is 0 Å². The van der Waals surface area contributed by atoms with Crippen molar-refractivity contribution in [2.45, 2.75) is 26.3 Å². The normalized spacial score (nSPS) is 13.6. The molecule has 1 heterocycles. The molecule has 1 amide bonds. The Bertz CT molecular complexity index is 914. The molecule has 2 aromatic rings. The SMILES string of the molecule is CCS(=O)(=O)NCc1ccc(C(=O)N2CCCc3c(N)cccc32)cc1.Cl. The van der Waals surface area contributed by atoms with Crippen molar-refractivity contribution >= 4 is 39.7 Å². The Balaban J connectivity index is 0.00000261. The third-order valence-corrected chi connectivity index (χ3v) is 5.95. The topological polar surface area (TPSA) is 92.5 Å². The van der Waals surface area contributed by atoms with E-state index in [1.165, 1.54) is 0 Å². The second-order valence-electron chi connectivity index (χ2n) is 6.33. The smallest absolute Gasteiger partial charge is 0.258 e. The highest BCUT2D eigenvalue weighted by molar-refractivity contribution is 7.89. The van der Waals surface area contributed by atoms with Crippen LogP contribution in [0.25, 0.3) is 0 Å². The molecule has 0 atom stereocenters. The summed E-state index contributed by atoms with van der Waals surface area (Å²) in [6, 6.07) is 12.7. The van der Waals surface area contributed by atoms with E-state index in [1.54, 1.807) is 36.1 Å². The number of benzene rings is 2. The molecule has 0 aliphatic carbocycles. The van der Waals surface area contributed by atoms with Crippen LogP contribution in [0.5, 0.6) is 0 Å². The van der Waals surface area contributed by atoms with Crippen LogP contribution in [0.1, 0.15) is 34.8 Å². The van der Waals surface area contributed by atoms with Crippen molar-refractivity contribution in [3.8, 4) is 0 Å². The molecule has 3 rings (SSSR count). The van der Waals surface area contributed by atoms with Crippen molar-refractivity contribution in [1.29, 1.82) is 0 Å². The molecule has 8 heteroatoms. The van der Waals surface area contributed by atoms with Crippen LogP contribution in [-0.2, 0) is 23.0 Å². The van der Waals surface area contributed by atoms with Crippen LogP contribution < -0.4 is 15.4 Å². The zero-order valence-electron chi connectivity index (χ0n) is 15.1. The molecule has 0 saturated carbocycles. The van der Waals surface area contributed by atoms with Crippen molar-refractivity contribution in [1.82, 2.24) is 4.72 Å². The molecule has 0 spiro atoms. The predicted octanol–water partition coefficient (Wildman–Crippen LogP) is 2.72. The maximum Gasteiger partial charge on any atom is 0.258 e. The molecule has 0 radical (unpaired) electrons. The molecule has 1 aliphatic rings. The van der Waals surface area contributed by atoms with Gasteiger partial charge in [0.2, 0.25) is 10.0 Å². The Kier molecular flexibility index (Phi) is 6.86. The summed E-state index contributed by atoms with van der Waals surface area (Å²) < 4.78 is 25.6. The quantitative estimate of drug-likeness (QED) is 0.742. The highest BCUT2D eigenvalue weighted by atomic mass is 35.5. The zero-order chi connectivity index (χ0) is 18.7. The molecule has 0 fully saturated rings. The Morgan fingerprint density at radius 2 is 1.89 bits per heavy atom. The lowest BCUT2D eigenvalue weighted by Crippen LogP contribution is -2.35. The number of nitrogen functional groups attached to an aromatic ring is 1. The highest BCUT2D eigenvalue weighted by Gasteiger charge is 2.24. The molecule has 1 aliphatic heterocycles. The molecule has 0 unspecified atom stereocenters. The maximum absolute atomic E-state index is 12.9. The molecular formula is C19H24ClN3O3S. The van der Waals surface area contributed by atoms with Gasteiger partial charge in [0.25, 0.3) is 5.91 Å². The van der Waals surface area contributed by atoms with Gasteiger partial charge in [0.15, 0.2) is 0 Å². The van der Waals surface area contributed by atoms with E-state index in [2.05, 4.69) is 4.72 Å². The lowest BCUT2D eigenvalue weighted by Gasteiger charge is -2.30. The number of halogens is 1. The first kappa shape index (κ1) is 21.2. The first-order valence-corrected chi connectivity index (χ1v) is 10.3. The third kappa shape index (κ3) is 4.80. The lowest BCUT2D eigenvalue weighted by molar-refractivity contribution is 0.0985. The minimum absolute atomic E-state index is 0. The molecule has 2 aromatic carbocycles. The van der Waals surface area contributed by atoms with Crippen LogP contribution in [-0.4, -0.2) is 26.6 Å². The van der Waals surface area contributed by atoms with E-state index in [0.717, 1.165) is 35.3 Å². The fraction of sp³-hybridized carbons (Fsp3) is 0.316. The number of hydrogen-bond acceptors (Lipinski definition) is 4. The second-order valence-corrected chi connectivity index (χ2v) is 8.42. The van der Waals surface area contributed by atoms with Gasteiger partial charge in [-0.3, -0.25) is 4.79 Å². The summed E-state index contributed by atoms with van der Waals surface area (Å²) in [7, 11) is -3.24. The molecular weight excluding hydrogens is 386 g/mol. The van der Waals surface area contributed by atoms with Gasteiger partial charge in [0.1, 0.15) is 0 Å². The van der Waals surface area contributed by atoms with Crippen LogP contribution in [0, 0.1) is 0 Å². The van der Waals surface area contributed by atoms with E-state index in [-0.39, 0.29) is 30.6 Å². The minimum Gasteiger partial charge on any atom is -0.398 e. The van der Waals surface area contributed by atoms with Gasteiger partial charge < -0.3 is 10.6 Å². The number of nitrogens with zero attached hydrogens (tertiary/aromatic N) is 1. The third-order valence-electron chi connectivity index (χ3n) is 4.61. The largest absolute Gasteiger partial charge is 0.398 e. The molecule has 0 bridgehead atoms. The standard InChI is InChI=1S/C19H23N3O3S.ClH/c1-2-26(24,25)21-13-14-8-10-15(11-9-14)19(23)22-12-4-5-16-17(20)6-3-7-18(16)22;/h3,6-11,21H,2,4-5,12-13,20H2,1H3;1H. The van der Waals surface area contributed by atoms with Crippen molar-refractivity contribution in [2.75, 3.05) is 22.9 Å². The van der Waals surface area contributed by atoms with E-state index in [4.69, 9.17) is 5.73 Å². The fourth-order valence-corrected chi connectivity index (χ4v) is 3.67. The summed E-state index contributed by atoms with van der Waals surface area (Å²) in [5.74, 6) is -0.0293. The molecule has 3 N–H and O–H groups in total. The average Bonchev–Trinajstić information content (AvgIpc) is 2.66. The first-order chi connectivity index (χ1) is 12.4. The first-order valence-electron chi connectivity index (χ1n) is 8.67. The Morgan fingerprint density at radius 3 is 2.56 bits per heavy atom.